The molecule has 0 N–H and O–H groups in total. The summed E-state index contributed by atoms with van der Waals surface area (Å²) in [6.45, 7) is 4.03. The third kappa shape index (κ3) is 3.54. The second kappa shape index (κ2) is 7.31. The molecule has 0 radical (unpaired) electrons. The first-order valence-electron chi connectivity index (χ1n) is 8.33. The molecule has 0 saturated carbocycles. The number of nitro groups is 1. The summed E-state index contributed by atoms with van der Waals surface area (Å²) in [5.41, 5.74) is 2.55. The van der Waals surface area contributed by atoms with Crippen molar-refractivity contribution in [2.45, 2.75) is 30.7 Å². The lowest BCUT2D eigenvalue weighted by Gasteiger charge is -2.07. The first kappa shape index (κ1) is 18.0. The third-order valence-electron chi connectivity index (χ3n) is 3.97. The minimum atomic E-state index is -0.483. The lowest BCUT2D eigenvalue weighted by Crippen LogP contribution is -1.97. The van der Waals surface area contributed by atoms with E-state index in [0.29, 0.717) is 5.65 Å². The zero-order chi connectivity index (χ0) is 19.7. The summed E-state index contributed by atoms with van der Waals surface area (Å²) in [5.74, 6) is 0.866. The largest absolute Gasteiger partial charge is 0.484 e. The molecule has 4 aromatic rings. The molecule has 142 valence electrons. The molecule has 0 atom stereocenters. The Morgan fingerprint density at radius 1 is 1.25 bits per heavy atom. The predicted molar refractivity (Wildman–Crippen MR) is 101 cm³/mol. The highest BCUT2D eigenvalue weighted by atomic mass is 32.2. The van der Waals surface area contributed by atoms with Gasteiger partial charge in [-0.3, -0.25) is 0 Å². The zero-order valence-electron chi connectivity index (χ0n) is 15.0. The van der Waals surface area contributed by atoms with Gasteiger partial charge >= 0.3 is 5.82 Å². The zero-order valence-corrected chi connectivity index (χ0v) is 15.8. The van der Waals surface area contributed by atoms with Gasteiger partial charge in [0.1, 0.15) is 5.75 Å². The Labute approximate surface area is 163 Å². The first-order chi connectivity index (χ1) is 13.5. The predicted octanol–water partition coefficient (Wildman–Crippen LogP) is 3.97. The molecule has 1 aromatic carbocycles. The van der Waals surface area contributed by atoms with Gasteiger partial charge in [0.25, 0.3) is 11.1 Å². The van der Waals surface area contributed by atoms with E-state index in [-0.39, 0.29) is 28.6 Å². The maximum absolute atomic E-state index is 11.5. The number of hydrogen-bond donors (Lipinski definition) is 0. The number of nitrogens with zero attached hydrogens (tertiary/aromatic N) is 5. The van der Waals surface area contributed by atoms with Crippen LogP contribution in [0, 0.1) is 24.0 Å². The fourth-order valence-electron chi connectivity index (χ4n) is 2.62. The van der Waals surface area contributed by atoms with Crippen molar-refractivity contribution in [1.29, 1.82) is 0 Å². The number of rotatable bonds is 6. The molecule has 0 aliphatic rings. The molecule has 0 aliphatic heterocycles. The Kier molecular flexibility index (Phi) is 4.70. The van der Waals surface area contributed by atoms with Crippen LogP contribution in [-0.2, 0) is 6.61 Å². The van der Waals surface area contributed by atoms with Gasteiger partial charge in [0, 0.05) is 6.07 Å². The normalized spacial score (nSPS) is 11.1. The van der Waals surface area contributed by atoms with Crippen molar-refractivity contribution >= 4 is 23.2 Å². The van der Waals surface area contributed by atoms with Gasteiger partial charge in [-0.05, 0) is 53.8 Å². The highest BCUT2D eigenvalue weighted by molar-refractivity contribution is 7.99. The molecular weight excluding hydrogens is 382 g/mol. The van der Waals surface area contributed by atoms with Gasteiger partial charge in [0.15, 0.2) is 6.61 Å². The first-order valence-corrected chi connectivity index (χ1v) is 9.14. The van der Waals surface area contributed by atoms with Crippen LogP contribution in [0.2, 0.25) is 0 Å². The third-order valence-corrected chi connectivity index (χ3v) is 4.78. The van der Waals surface area contributed by atoms with E-state index in [0.717, 1.165) is 28.6 Å². The van der Waals surface area contributed by atoms with Gasteiger partial charge in [-0.2, -0.15) is 9.38 Å². The Hall–Kier alpha value is -3.40. The number of hydrogen-bond acceptors (Lipinski definition) is 8. The van der Waals surface area contributed by atoms with Gasteiger partial charge in [0.2, 0.25) is 10.7 Å². The molecule has 0 bridgehead atoms. The maximum Gasteiger partial charge on any atom is 0.362 e. The Morgan fingerprint density at radius 3 is 2.93 bits per heavy atom. The van der Waals surface area contributed by atoms with Crippen LogP contribution in [0.5, 0.6) is 5.75 Å². The summed E-state index contributed by atoms with van der Waals surface area (Å²) in [4.78, 5) is 15.3. The molecule has 9 nitrogen and oxygen atoms in total. The van der Waals surface area contributed by atoms with E-state index in [1.165, 1.54) is 4.40 Å². The van der Waals surface area contributed by atoms with Gasteiger partial charge in [-0.1, -0.05) is 18.2 Å². The minimum absolute atomic E-state index is 0.102. The van der Waals surface area contributed by atoms with Gasteiger partial charge < -0.3 is 19.3 Å². The van der Waals surface area contributed by atoms with E-state index in [1.54, 1.807) is 24.4 Å². The van der Waals surface area contributed by atoms with Crippen molar-refractivity contribution in [1.82, 2.24) is 19.6 Å². The van der Waals surface area contributed by atoms with Crippen LogP contribution in [0.3, 0.4) is 0 Å². The Balaban J connectivity index is 1.52. The number of aryl methyl sites for hydroxylation is 2. The van der Waals surface area contributed by atoms with Crippen molar-refractivity contribution in [2.75, 3.05) is 0 Å². The lowest BCUT2D eigenvalue weighted by atomic mass is 10.1. The summed E-state index contributed by atoms with van der Waals surface area (Å²) < 4.78 is 12.7. The summed E-state index contributed by atoms with van der Waals surface area (Å²) >= 11 is 0.947. The van der Waals surface area contributed by atoms with E-state index >= 15 is 0 Å². The second-order valence-corrected chi connectivity index (χ2v) is 6.99. The molecular formula is C18H15N5O4S. The van der Waals surface area contributed by atoms with Crippen LogP contribution < -0.4 is 4.74 Å². The van der Waals surface area contributed by atoms with Gasteiger partial charge in [-0.25, -0.2) is 0 Å². The fraction of sp³-hybridized carbons (Fsp3) is 0.167. The monoisotopic (exact) mass is 397 g/mol. The minimum Gasteiger partial charge on any atom is -0.484 e. The lowest BCUT2D eigenvalue weighted by molar-refractivity contribution is -0.393. The fourth-order valence-corrected chi connectivity index (χ4v) is 3.41. The Morgan fingerprint density at radius 2 is 2.11 bits per heavy atom. The molecule has 0 spiro atoms. The molecule has 0 amide bonds. The van der Waals surface area contributed by atoms with Crippen molar-refractivity contribution in [2.24, 2.45) is 0 Å². The molecule has 0 fully saturated rings. The summed E-state index contributed by atoms with van der Waals surface area (Å²) in [6.07, 6.45) is 1.59. The van der Waals surface area contributed by atoms with E-state index in [1.807, 2.05) is 32.0 Å². The van der Waals surface area contributed by atoms with Crippen molar-refractivity contribution in [3.8, 4) is 5.75 Å². The summed E-state index contributed by atoms with van der Waals surface area (Å²) in [6, 6.07) is 11.1. The van der Waals surface area contributed by atoms with Crippen LogP contribution in [0.15, 0.2) is 57.3 Å². The molecule has 4 rings (SSSR count). The molecule has 0 aliphatic carbocycles. The highest BCUT2D eigenvalue weighted by Gasteiger charge is 2.25. The number of ether oxygens (including phenoxy) is 1. The molecule has 0 saturated heterocycles. The van der Waals surface area contributed by atoms with Crippen molar-refractivity contribution in [3.05, 3.63) is 69.7 Å². The number of benzene rings is 1. The van der Waals surface area contributed by atoms with E-state index < -0.39 is 4.92 Å². The SMILES string of the molecule is Cc1ccc(C)c(OCc2nnc(Sc3nc4ccccn4c3[N+](=O)[O-])o2)c1. The van der Waals surface area contributed by atoms with Crippen LogP contribution in [0.1, 0.15) is 17.0 Å². The standard InChI is InChI=1S/C18H15N5O4S/c1-11-6-7-12(2)13(9-11)26-10-15-20-21-18(27-15)28-16-17(23(24)25)22-8-4-3-5-14(22)19-16/h3-9H,10H2,1-2H3. The second-order valence-electron chi connectivity index (χ2n) is 6.05. The Bertz CT molecular complexity index is 1170. The van der Waals surface area contributed by atoms with Gasteiger partial charge in [-0.15, -0.1) is 10.2 Å². The smallest absolute Gasteiger partial charge is 0.362 e. The summed E-state index contributed by atoms with van der Waals surface area (Å²) in [7, 11) is 0. The van der Waals surface area contributed by atoms with E-state index in [9.17, 15) is 10.1 Å². The molecule has 10 heteroatoms. The van der Waals surface area contributed by atoms with Crippen molar-refractivity contribution in [3.63, 3.8) is 0 Å². The number of pyridine rings is 1. The molecule has 0 unspecified atom stereocenters. The summed E-state index contributed by atoms with van der Waals surface area (Å²) in [5, 5.41) is 19.7. The quantitative estimate of drug-likeness (QED) is 0.355. The molecule has 3 aromatic heterocycles. The van der Waals surface area contributed by atoms with E-state index in [2.05, 4.69) is 15.2 Å². The average Bonchev–Trinajstić information content (AvgIpc) is 3.26. The topological polar surface area (TPSA) is 109 Å². The number of fused-ring (bicyclic) bond motifs is 1. The average molecular weight is 397 g/mol. The van der Waals surface area contributed by atoms with Crippen LogP contribution in [-0.4, -0.2) is 24.5 Å². The van der Waals surface area contributed by atoms with E-state index in [4.69, 9.17) is 9.15 Å². The van der Waals surface area contributed by atoms with Crippen LogP contribution in [0.4, 0.5) is 5.82 Å². The molecule has 3 heterocycles. The number of imidazole rings is 1. The highest BCUT2D eigenvalue weighted by Crippen LogP contribution is 2.34. The van der Waals surface area contributed by atoms with Crippen molar-refractivity contribution < 1.29 is 14.1 Å². The van der Waals surface area contributed by atoms with Crippen LogP contribution >= 0.6 is 11.8 Å². The maximum atomic E-state index is 11.5. The van der Waals surface area contributed by atoms with Crippen LogP contribution in [0.25, 0.3) is 5.65 Å². The van der Waals surface area contributed by atoms with Gasteiger partial charge in [0.05, 0.1) is 6.20 Å². The molecule has 28 heavy (non-hydrogen) atoms. The number of aromatic nitrogens is 4.